The highest BCUT2D eigenvalue weighted by molar-refractivity contribution is 5.65. The summed E-state index contributed by atoms with van der Waals surface area (Å²) in [5, 5.41) is 1.70. The standard InChI is InChI=1S/C9H17NO3/c1-6-5-10(13-9(4)11)7(2)8(3)12-6/h6-8H,5H2,1-4H3/t6-,7?,8+/m0/s1. The van der Waals surface area contributed by atoms with Gasteiger partial charge < -0.3 is 9.57 Å². The van der Waals surface area contributed by atoms with Crippen molar-refractivity contribution in [2.75, 3.05) is 6.54 Å². The van der Waals surface area contributed by atoms with Crippen molar-refractivity contribution in [1.29, 1.82) is 0 Å². The molecule has 0 saturated carbocycles. The van der Waals surface area contributed by atoms with E-state index in [9.17, 15) is 4.79 Å². The van der Waals surface area contributed by atoms with Crippen LogP contribution in [0, 0.1) is 0 Å². The number of carbonyl (C=O) groups excluding carboxylic acids is 1. The van der Waals surface area contributed by atoms with Crippen LogP contribution in [0.5, 0.6) is 0 Å². The summed E-state index contributed by atoms with van der Waals surface area (Å²) in [6.07, 6.45) is 0.216. The van der Waals surface area contributed by atoms with E-state index in [0.717, 1.165) is 0 Å². The van der Waals surface area contributed by atoms with Gasteiger partial charge in [0.1, 0.15) is 0 Å². The Balaban J connectivity index is 2.55. The van der Waals surface area contributed by atoms with Crippen LogP contribution in [0.15, 0.2) is 0 Å². The summed E-state index contributed by atoms with van der Waals surface area (Å²) in [4.78, 5) is 15.8. The number of carbonyl (C=O) groups is 1. The van der Waals surface area contributed by atoms with Gasteiger partial charge in [-0.15, -0.1) is 5.06 Å². The van der Waals surface area contributed by atoms with E-state index in [1.165, 1.54) is 6.92 Å². The van der Waals surface area contributed by atoms with Crippen molar-refractivity contribution in [3.05, 3.63) is 0 Å². The average Bonchev–Trinajstić information content (AvgIpc) is 1.98. The molecule has 0 bridgehead atoms. The van der Waals surface area contributed by atoms with Crippen molar-refractivity contribution in [1.82, 2.24) is 5.06 Å². The molecule has 4 nitrogen and oxygen atoms in total. The highest BCUT2D eigenvalue weighted by Crippen LogP contribution is 2.17. The van der Waals surface area contributed by atoms with Crippen molar-refractivity contribution in [2.45, 2.75) is 45.9 Å². The van der Waals surface area contributed by atoms with Crippen LogP contribution in [-0.2, 0) is 14.4 Å². The lowest BCUT2D eigenvalue weighted by Crippen LogP contribution is -2.52. The molecule has 0 radical (unpaired) electrons. The minimum Gasteiger partial charge on any atom is -0.372 e. The SMILES string of the molecule is CC(=O)ON1C[C@H](C)O[C@H](C)C1C. The largest absolute Gasteiger partial charge is 0.372 e. The molecule has 1 heterocycles. The summed E-state index contributed by atoms with van der Waals surface area (Å²) in [5.74, 6) is -0.270. The molecule has 1 aliphatic rings. The van der Waals surface area contributed by atoms with Crippen LogP contribution in [0.3, 0.4) is 0 Å². The molecule has 0 aromatic rings. The molecule has 1 fully saturated rings. The van der Waals surface area contributed by atoms with E-state index in [2.05, 4.69) is 0 Å². The molecule has 1 unspecified atom stereocenters. The number of hydrogen-bond acceptors (Lipinski definition) is 4. The Morgan fingerprint density at radius 3 is 2.62 bits per heavy atom. The summed E-state index contributed by atoms with van der Waals surface area (Å²) in [7, 11) is 0. The molecule has 0 aliphatic carbocycles. The third-order valence-corrected chi connectivity index (χ3v) is 2.26. The van der Waals surface area contributed by atoms with E-state index in [4.69, 9.17) is 9.57 Å². The van der Waals surface area contributed by atoms with E-state index in [1.807, 2.05) is 20.8 Å². The first kappa shape index (κ1) is 10.5. The molecule has 0 spiro atoms. The molecule has 0 aromatic heterocycles. The van der Waals surface area contributed by atoms with Crippen molar-refractivity contribution < 1.29 is 14.4 Å². The van der Waals surface area contributed by atoms with Crippen molar-refractivity contribution in [2.24, 2.45) is 0 Å². The van der Waals surface area contributed by atoms with Crippen LogP contribution in [0.1, 0.15) is 27.7 Å². The lowest BCUT2D eigenvalue weighted by Gasteiger charge is -2.38. The number of nitrogens with zero attached hydrogens (tertiary/aromatic N) is 1. The molecule has 0 amide bonds. The first-order valence-electron chi connectivity index (χ1n) is 4.61. The second kappa shape index (κ2) is 4.07. The van der Waals surface area contributed by atoms with Crippen molar-refractivity contribution in [3.8, 4) is 0 Å². The van der Waals surface area contributed by atoms with E-state index in [0.29, 0.717) is 6.54 Å². The minimum absolute atomic E-state index is 0.100. The highest BCUT2D eigenvalue weighted by Gasteiger charge is 2.31. The highest BCUT2D eigenvalue weighted by atomic mass is 16.7. The van der Waals surface area contributed by atoms with Gasteiger partial charge in [-0.1, -0.05) is 0 Å². The molecule has 0 aromatic carbocycles. The Bertz CT molecular complexity index is 195. The van der Waals surface area contributed by atoms with Gasteiger partial charge in [0.15, 0.2) is 0 Å². The summed E-state index contributed by atoms with van der Waals surface area (Å²) in [6, 6.07) is 0.125. The van der Waals surface area contributed by atoms with Crippen LogP contribution in [0.4, 0.5) is 0 Å². The fourth-order valence-electron chi connectivity index (χ4n) is 1.46. The van der Waals surface area contributed by atoms with Gasteiger partial charge in [-0.25, -0.2) is 0 Å². The van der Waals surface area contributed by atoms with Crippen LogP contribution >= 0.6 is 0 Å². The maximum Gasteiger partial charge on any atom is 0.322 e. The zero-order chi connectivity index (χ0) is 10.0. The van der Waals surface area contributed by atoms with Crippen LogP contribution in [0.25, 0.3) is 0 Å². The Morgan fingerprint density at radius 2 is 2.08 bits per heavy atom. The fourth-order valence-corrected chi connectivity index (χ4v) is 1.46. The summed E-state index contributed by atoms with van der Waals surface area (Å²) in [5.41, 5.74) is 0. The molecule has 3 atom stereocenters. The van der Waals surface area contributed by atoms with Gasteiger partial charge in [0.25, 0.3) is 0 Å². The number of hydrogen-bond donors (Lipinski definition) is 0. The Morgan fingerprint density at radius 1 is 1.46 bits per heavy atom. The van der Waals surface area contributed by atoms with Gasteiger partial charge >= 0.3 is 5.97 Å². The molecule has 1 saturated heterocycles. The molecule has 13 heavy (non-hydrogen) atoms. The number of rotatable bonds is 1. The lowest BCUT2D eigenvalue weighted by atomic mass is 10.1. The minimum atomic E-state index is -0.270. The summed E-state index contributed by atoms with van der Waals surface area (Å²) < 4.78 is 5.58. The van der Waals surface area contributed by atoms with Gasteiger partial charge in [-0.2, -0.15) is 0 Å². The number of hydroxylamine groups is 2. The fraction of sp³-hybridized carbons (Fsp3) is 0.889. The van der Waals surface area contributed by atoms with E-state index >= 15 is 0 Å². The number of ether oxygens (including phenoxy) is 1. The van der Waals surface area contributed by atoms with Crippen molar-refractivity contribution in [3.63, 3.8) is 0 Å². The molecule has 1 rings (SSSR count). The normalized spacial score (nSPS) is 35.8. The predicted octanol–water partition coefficient (Wildman–Crippen LogP) is 0.962. The van der Waals surface area contributed by atoms with E-state index in [1.54, 1.807) is 5.06 Å². The Kier molecular flexibility index (Phi) is 3.27. The van der Waals surface area contributed by atoms with Crippen LogP contribution < -0.4 is 0 Å². The van der Waals surface area contributed by atoms with Crippen LogP contribution in [0.2, 0.25) is 0 Å². The summed E-state index contributed by atoms with van der Waals surface area (Å²) >= 11 is 0. The zero-order valence-electron chi connectivity index (χ0n) is 8.61. The maximum absolute atomic E-state index is 10.8. The monoisotopic (exact) mass is 187 g/mol. The van der Waals surface area contributed by atoms with Gasteiger partial charge in [0.2, 0.25) is 0 Å². The van der Waals surface area contributed by atoms with Gasteiger partial charge in [-0.05, 0) is 20.8 Å². The van der Waals surface area contributed by atoms with E-state index in [-0.39, 0.29) is 24.2 Å². The number of morpholine rings is 1. The van der Waals surface area contributed by atoms with Crippen LogP contribution in [-0.4, -0.2) is 35.8 Å². The molecule has 0 N–H and O–H groups in total. The Hall–Kier alpha value is -0.610. The maximum atomic E-state index is 10.8. The molecule has 76 valence electrons. The first-order chi connectivity index (χ1) is 6.00. The second-order valence-corrected chi connectivity index (χ2v) is 3.57. The smallest absolute Gasteiger partial charge is 0.322 e. The second-order valence-electron chi connectivity index (χ2n) is 3.57. The average molecular weight is 187 g/mol. The third kappa shape index (κ3) is 2.67. The predicted molar refractivity (Wildman–Crippen MR) is 47.9 cm³/mol. The molecular formula is C9H17NO3. The quantitative estimate of drug-likeness (QED) is 0.613. The zero-order valence-corrected chi connectivity index (χ0v) is 8.61. The lowest BCUT2D eigenvalue weighted by molar-refractivity contribution is -0.243. The van der Waals surface area contributed by atoms with Gasteiger partial charge in [-0.3, -0.25) is 4.79 Å². The molecule has 4 heteroatoms. The van der Waals surface area contributed by atoms with Crippen molar-refractivity contribution >= 4 is 5.97 Å². The van der Waals surface area contributed by atoms with Gasteiger partial charge in [0.05, 0.1) is 24.8 Å². The van der Waals surface area contributed by atoms with Gasteiger partial charge in [0, 0.05) is 6.92 Å². The third-order valence-electron chi connectivity index (χ3n) is 2.26. The topological polar surface area (TPSA) is 38.8 Å². The first-order valence-corrected chi connectivity index (χ1v) is 4.61. The molecular weight excluding hydrogens is 170 g/mol. The Labute approximate surface area is 78.8 Å². The summed E-state index contributed by atoms with van der Waals surface area (Å²) in [6.45, 7) is 8.00. The molecule has 1 aliphatic heterocycles. The van der Waals surface area contributed by atoms with E-state index < -0.39 is 0 Å².